The van der Waals surface area contributed by atoms with E-state index in [0.717, 1.165) is 28.7 Å². The molecule has 2 N–H and O–H groups in total. The molecule has 0 aromatic carbocycles. The van der Waals surface area contributed by atoms with Crippen LogP contribution in [0.2, 0.25) is 0 Å². The number of nitrogens with zero attached hydrogens (tertiary/aromatic N) is 2. The highest BCUT2D eigenvalue weighted by Gasteiger charge is 2.13. The number of hydrogen-bond donors (Lipinski definition) is 2. The Morgan fingerprint density at radius 1 is 1.58 bits per heavy atom. The SMILES string of the molecule is CCCn1cc(Br)cc1C(=O)NCc1cn[nH]c1C. The number of carbonyl (C=O) groups is 1. The molecule has 0 aliphatic heterocycles. The van der Waals surface area contributed by atoms with Gasteiger partial charge in [0.15, 0.2) is 0 Å². The Balaban J connectivity index is 2.05. The minimum atomic E-state index is -0.0697. The number of carbonyl (C=O) groups excluding carboxylic acids is 1. The number of H-pyrrole nitrogens is 1. The molecular weight excluding hydrogens is 308 g/mol. The molecule has 0 saturated heterocycles. The van der Waals surface area contributed by atoms with E-state index in [1.165, 1.54) is 0 Å². The molecule has 2 aromatic heterocycles. The molecule has 0 atom stereocenters. The lowest BCUT2D eigenvalue weighted by Gasteiger charge is -2.08. The summed E-state index contributed by atoms with van der Waals surface area (Å²) in [5.74, 6) is -0.0697. The molecule has 0 saturated carbocycles. The topological polar surface area (TPSA) is 62.7 Å². The van der Waals surface area contributed by atoms with Gasteiger partial charge in [0, 0.05) is 35.0 Å². The number of aromatic amines is 1. The van der Waals surface area contributed by atoms with Crippen LogP contribution >= 0.6 is 15.9 Å². The predicted molar refractivity (Wildman–Crippen MR) is 76.9 cm³/mol. The average molecular weight is 325 g/mol. The Morgan fingerprint density at radius 2 is 2.37 bits per heavy atom. The summed E-state index contributed by atoms with van der Waals surface area (Å²) in [6, 6.07) is 1.84. The summed E-state index contributed by atoms with van der Waals surface area (Å²) in [7, 11) is 0. The van der Waals surface area contributed by atoms with Crippen molar-refractivity contribution >= 4 is 21.8 Å². The first-order valence-electron chi connectivity index (χ1n) is 6.24. The quantitative estimate of drug-likeness (QED) is 0.888. The summed E-state index contributed by atoms with van der Waals surface area (Å²) in [6.07, 6.45) is 4.65. The van der Waals surface area contributed by atoms with Gasteiger partial charge in [-0.15, -0.1) is 0 Å². The van der Waals surface area contributed by atoms with Crippen LogP contribution in [0.3, 0.4) is 0 Å². The molecule has 6 heteroatoms. The molecule has 1 amide bonds. The van der Waals surface area contributed by atoms with Crippen molar-refractivity contribution in [3.8, 4) is 0 Å². The fourth-order valence-electron chi connectivity index (χ4n) is 1.91. The Bertz CT molecular complexity index is 573. The summed E-state index contributed by atoms with van der Waals surface area (Å²) in [6.45, 7) is 5.34. The van der Waals surface area contributed by atoms with E-state index in [0.29, 0.717) is 12.2 Å². The largest absolute Gasteiger partial charge is 0.347 e. The lowest BCUT2D eigenvalue weighted by atomic mass is 10.2. The lowest BCUT2D eigenvalue weighted by Crippen LogP contribution is -2.25. The van der Waals surface area contributed by atoms with Crippen LogP contribution in [0.1, 0.15) is 35.1 Å². The van der Waals surface area contributed by atoms with Crippen molar-refractivity contribution in [2.24, 2.45) is 0 Å². The van der Waals surface area contributed by atoms with Crippen LogP contribution in [0.5, 0.6) is 0 Å². The molecule has 2 aromatic rings. The molecule has 0 spiro atoms. The van der Waals surface area contributed by atoms with Crippen LogP contribution in [-0.2, 0) is 13.1 Å². The van der Waals surface area contributed by atoms with E-state index in [1.54, 1.807) is 6.20 Å². The van der Waals surface area contributed by atoms with Crippen molar-refractivity contribution in [2.75, 3.05) is 0 Å². The second-order valence-electron chi connectivity index (χ2n) is 4.44. The minimum Gasteiger partial charge on any atom is -0.347 e. The van der Waals surface area contributed by atoms with Gasteiger partial charge in [-0.05, 0) is 35.3 Å². The van der Waals surface area contributed by atoms with Gasteiger partial charge < -0.3 is 9.88 Å². The maximum absolute atomic E-state index is 12.2. The van der Waals surface area contributed by atoms with E-state index in [4.69, 9.17) is 0 Å². The number of halogens is 1. The number of rotatable bonds is 5. The molecule has 0 aliphatic carbocycles. The van der Waals surface area contributed by atoms with Crippen molar-refractivity contribution in [2.45, 2.75) is 33.4 Å². The summed E-state index contributed by atoms with van der Waals surface area (Å²) < 4.78 is 2.88. The van der Waals surface area contributed by atoms with Gasteiger partial charge in [0.05, 0.1) is 6.20 Å². The molecule has 2 heterocycles. The highest BCUT2D eigenvalue weighted by molar-refractivity contribution is 9.10. The fourth-order valence-corrected chi connectivity index (χ4v) is 2.38. The third-order valence-corrected chi connectivity index (χ3v) is 3.37. The number of nitrogens with one attached hydrogen (secondary N) is 2. The lowest BCUT2D eigenvalue weighted by molar-refractivity contribution is 0.0941. The Morgan fingerprint density at radius 3 is 3.00 bits per heavy atom. The highest BCUT2D eigenvalue weighted by Crippen LogP contribution is 2.15. The summed E-state index contributed by atoms with van der Waals surface area (Å²) in [4.78, 5) is 12.2. The monoisotopic (exact) mass is 324 g/mol. The minimum absolute atomic E-state index is 0.0697. The van der Waals surface area contributed by atoms with Gasteiger partial charge in [0.1, 0.15) is 5.69 Å². The van der Waals surface area contributed by atoms with Crippen molar-refractivity contribution in [3.05, 3.63) is 39.9 Å². The number of aryl methyl sites for hydroxylation is 2. The summed E-state index contributed by atoms with van der Waals surface area (Å²) in [5.41, 5.74) is 2.65. The van der Waals surface area contributed by atoms with E-state index in [-0.39, 0.29) is 5.91 Å². The van der Waals surface area contributed by atoms with Crippen molar-refractivity contribution in [1.82, 2.24) is 20.1 Å². The zero-order valence-corrected chi connectivity index (χ0v) is 12.6. The van der Waals surface area contributed by atoms with Crippen molar-refractivity contribution in [1.29, 1.82) is 0 Å². The number of hydrogen-bond acceptors (Lipinski definition) is 2. The normalized spacial score (nSPS) is 10.7. The molecule has 0 bridgehead atoms. The van der Waals surface area contributed by atoms with Crippen LogP contribution in [-0.4, -0.2) is 20.7 Å². The maximum atomic E-state index is 12.2. The second kappa shape index (κ2) is 6.06. The van der Waals surface area contributed by atoms with Crippen LogP contribution in [0.4, 0.5) is 0 Å². The molecule has 5 nitrogen and oxygen atoms in total. The molecule has 2 rings (SSSR count). The van der Waals surface area contributed by atoms with Gasteiger partial charge in [-0.2, -0.15) is 5.10 Å². The molecule has 0 unspecified atom stereocenters. The van der Waals surface area contributed by atoms with Gasteiger partial charge >= 0.3 is 0 Å². The molecule has 0 fully saturated rings. The summed E-state index contributed by atoms with van der Waals surface area (Å²) in [5, 5.41) is 9.70. The predicted octanol–water partition coefficient (Wildman–Crippen LogP) is 2.62. The average Bonchev–Trinajstić information content (AvgIpc) is 2.93. The molecule has 0 aliphatic rings. The molecular formula is C13H17BrN4O. The van der Waals surface area contributed by atoms with Gasteiger partial charge in [-0.1, -0.05) is 6.92 Å². The molecule has 0 radical (unpaired) electrons. The second-order valence-corrected chi connectivity index (χ2v) is 5.36. The maximum Gasteiger partial charge on any atom is 0.268 e. The van der Waals surface area contributed by atoms with Gasteiger partial charge in [0.2, 0.25) is 0 Å². The van der Waals surface area contributed by atoms with Gasteiger partial charge in [0.25, 0.3) is 5.91 Å². The number of amides is 1. The van der Waals surface area contributed by atoms with Gasteiger partial charge in [-0.3, -0.25) is 9.89 Å². The van der Waals surface area contributed by atoms with Gasteiger partial charge in [-0.25, -0.2) is 0 Å². The number of aromatic nitrogens is 3. The van der Waals surface area contributed by atoms with Crippen molar-refractivity contribution < 1.29 is 4.79 Å². The Kier molecular flexibility index (Phi) is 4.42. The fraction of sp³-hybridized carbons (Fsp3) is 0.385. The van der Waals surface area contributed by atoms with Crippen LogP contribution < -0.4 is 5.32 Å². The zero-order chi connectivity index (χ0) is 13.8. The van der Waals surface area contributed by atoms with E-state index >= 15 is 0 Å². The first kappa shape index (κ1) is 13.9. The van der Waals surface area contributed by atoms with E-state index in [1.807, 2.05) is 23.8 Å². The summed E-state index contributed by atoms with van der Waals surface area (Å²) >= 11 is 3.41. The standard InChI is InChI=1S/C13H17BrN4O/c1-3-4-18-8-11(14)5-12(18)13(19)15-6-10-7-16-17-9(10)2/h5,7-8H,3-4,6H2,1-2H3,(H,15,19)(H,16,17). The van der Waals surface area contributed by atoms with Crippen molar-refractivity contribution in [3.63, 3.8) is 0 Å². The van der Waals surface area contributed by atoms with E-state index < -0.39 is 0 Å². The molecule has 102 valence electrons. The van der Waals surface area contributed by atoms with E-state index in [2.05, 4.69) is 38.4 Å². The van der Waals surface area contributed by atoms with Crippen LogP contribution in [0.25, 0.3) is 0 Å². The van der Waals surface area contributed by atoms with E-state index in [9.17, 15) is 4.79 Å². The molecule has 19 heavy (non-hydrogen) atoms. The first-order chi connectivity index (χ1) is 9.11. The third-order valence-electron chi connectivity index (χ3n) is 2.93. The third kappa shape index (κ3) is 3.26. The smallest absolute Gasteiger partial charge is 0.268 e. The zero-order valence-electron chi connectivity index (χ0n) is 11.0. The Hall–Kier alpha value is -1.56. The highest BCUT2D eigenvalue weighted by atomic mass is 79.9. The van der Waals surface area contributed by atoms with Crippen LogP contribution in [0.15, 0.2) is 22.9 Å². The Labute approximate surface area is 120 Å². The first-order valence-corrected chi connectivity index (χ1v) is 7.03. The van der Waals surface area contributed by atoms with Crippen LogP contribution in [0, 0.1) is 6.92 Å².